The molecule has 0 bridgehead atoms. The van der Waals surface area contributed by atoms with Gasteiger partial charge < -0.3 is 0 Å². The minimum atomic E-state index is 1.21. The van der Waals surface area contributed by atoms with Gasteiger partial charge >= 0.3 is 0 Å². The molecule has 0 fully saturated rings. The van der Waals surface area contributed by atoms with Gasteiger partial charge in [-0.2, -0.15) is 0 Å². The second-order valence-electron chi connectivity index (χ2n) is 7.66. The van der Waals surface area contributed by atoms with Gasteiger partial charge in [-0.25, -0.2) is 0 Å². The lowest BCUT2D eigenvalue weighted by Gasteiger charge is -2.12. The fourth-order valence-corrected chi connectivity index (χ4v) is 4.02. The quantitative estimate of drug-likeness (QED) is 0.221. The Labute approximate surface area is 163 Å². The van der Waals surface area contributed by atoms with Crippen molar-refractivity contribution in [2.24, 2.45) is 0 Å². The van der Waals surface area contributed by atoms with Crippen molar-refractivity contribution in [1.29, 1.82) is 0 Å². The van der Waals surface area contributed by atoms with Crippen molar-refractivity contribution in [2.75, 3.05) is 0 Å². The Morgan fingerprint density at radius 2 is 1.08 bits per heavy atom. The molecule has 0 aliphatic heterocycles. The standard InChI is InChI=1S/C24H42S/c1-3-5-7-9-11-13-15-18-22-19-17-21-24(25)23(22)20-16-14-12-10-8-6-4-2/h17,19,21,25H,3-16,18,20H2,1-2H3. The van der Waals surface area contributed by atoms with Crippen molar-refractivity contribution in [3.63, 3.8) is 0 Å². The number of rotatable bonds is 16. The first-order valence-corrected chi connectivity index (χ1v) is 11.5. The van der Waals surface area contributed by atoms with Crippen LogP contribution >= 0.6 is 12.6 Å². The molecule has 1 aromatic carbocycles. The van der Waals surface area contributed by atoms with E-state index in [4.69, 9.17) is 12.6 Å². The number of hydrogen-bond donors (Lipinski definition) is 1. The monoisotopic (exact) mass is 362 g/mol. The first kappa shape index (κ1) is 22.6. The highest BCUT2D eigenvalue weighted by Crippen LogP contribution is 2.23. The smallest absolute Gasteiger partial charge is 0.00747 e. The third-order valence-electron chi connectivity index (χ3n) is 5.33. The number of benzene rings is 1. The minimum absolute atomic E-state index is 1.21. The van der Waals surface area contributed by atoms with Gasteiger partial charge in [0.25, 0.3) is 0 Å². The summed E-state index contributed by atoms with van der Waals surface area (Å²) in [5.74, 6) is 0. The van der Waals surface area contributed by atoms with Crippen LogP contribution in [0.5, 0.6) is 0 Å². The predicted molar refractivity (Wildman–Crippen MR) is 117 cm³/mol. The van der Waals surface area contributed by atoms with Gasteiger partial charge in [0.15, 0.2) is 0 Å². The van der Waals surface area contributed by atoms with E-state index in [1.807, 2.05) is 0 Å². The Kier molecular flexibility index (Phi) is 14.3. The lowest BCUT2D eigenvalue weighted by Crippen LogP contribution is -1.97. The second-order valence-corrected chi connectivity index (χ2v) is 8.14. The fourth-order valence-electron chi connectivity index (χ4n) is 3.68. The number of unbranched alkanes of at least 4 members (excludes halogenated alkanes) is 12. The van der Waals surface area contributed by atoms with Crippen LogP contribution in [0.25, 0.3) is 0 Å². The van der Waals surface area contributed by atoms with Gasteiger partial charge in [-0.3, -0.25) is 0 Å². The Bertz CT molecular complexity index is 424. The summed E-state index contributed by atoms with van der Waals surface area (Å²) in [6.45, 7) is 4.58. The average Bonchev–Trinajstić information content (AvgIpc) is 2.62. The molecule has 0 saturated carbocycles. The molecule has 0 nitrogen and oxygen atoms in total. The summed E-state index contributed by atoms with van der Waals surface area (Å²) in [6, 6.07) is 6.70. The summed E-state index contributed by atoms with van der Waals surface area (Å²) in [4.78, 5) is 1.21. The normalized spacial score (nSPS) is 11.2. The van der Waals surface area contributed by atoms with Crippen LogP contribution in [0.3, 0.4) is 0 Å². The van der Waals surface area contributed by atoms with Gasteiger partial charge in [0, 0.05) is 4.90 Å². The van der Waals surface area contributed by atoms with E-state index in [2.05, 4.69) is 32.0 Å². The molecular formula is C24H42S. The van der Waals surface area contributed by atoms with E-state index in [9.17, 15) is 0 Å². The Balaban J connectivity index is 2.26. The van der Waals surface area contributed by atoms with Gasteiger partial charge in [0.05, 0.1) is 0 Å². The zero-order chi connectivity index (χ0) is 18.2. The van der Waals surface area contributed by atoms with Crippen LogP contribution < -0.4 is 0 Å². The minimum Gasteiger partial charge on any atom is -0.143 e. The second kappa shape index (κ2) is 15.8. The van der Waals surface area contributed by atoms with Crippen molar-refractivity contribution >= 4 is 12.6 Å². The molecule has 1 heteroatoms. The van der Waals surface area contributed by atoms with E-state index in [0.29, 0.717) is 0 Å². The number of aryl methyl sites for hydroxylation is 1. The van der Waals surface area contributed by atoms with Gasteiger partial charge in [-0.1, -0.05) is 103 Å². The molecule has 0 atom stereocenters. The molecule has 0 spiro atoms. The molecule has 1 aromatic rings. The van der Waals surface area contributed by atoms with Gasteiger partial charge in [0.2, 0.25) is 0 Å². The molecule has 0 unspecified atom stereocenters. The first-order valence-electron chi connectivity index (χ1n) is 11.1. The van der Waals surface area contributed by atoms with Gasteiger partial charge in [-0.05, 0) is 42.9 Å². The molecule has 144 valence electrons. The average molecular weight is 363 g/mol. The summed E-state index contributed by atoms with van der Waals surface area (Å²) in [6.07, 6.45) is 21.9. The van der Waals surface area contributed by atoms with Crippen LogP contribution in [0.1, 0.15) is 115 Å². The third kappa shape index (κ3) is 11.0. The van der Waals surface area contributed by atoms with Crippen molar-refractivity contribution in [1.82, 2.24) is 0 Å². The fraction of sp³-hybridized carbons (Fsp3) is 0.750. The van der Waals surface area contributed by atoms with E-state index in [0.717, 1.165) is 0 Å². The van der Waals surface area contributed by atoms with Crippen LogP contribution in [0.2, 0.25) is 0 Å². The molecule has 0 aromatic heterocycles. The van der Waals surface area contributed by atoms with Crippen LogP contribution in [0.4, 0.5) is 0 Å². The molecule has 0 saturated heterocycles. The Morgan fingerprint density at radius 1 is 0.600 bits per heavy atom. The highest BCUT2D eigenvalue weighted by Gasteiger charge is 2.06. The van der Waals surface area contributed by atoms with E-state index in [1.54, 1.807) is 5.56 Å². The van der Waals surface area contributed by atoms with Crippen molar-refractivity contribution < 1.29 is 0 Å². The lowest BCUT2D eigenvalue weighted by atomic mass is 9.96. The van der Waals surface area contributed by atoms with Gasteiger partial charge in [0.1, 0.15) is 0 Å². The van der Waals surface area contributed by atoms with Crippen LogP contribution in [-0.4, -0.2) is 0 Å². The van der Waals surface area contributed by atoms with Crippen molar-refractivity contribution in [2.45, 2.75) is 121 Å². The molecule has 1 rings (SSSR count). The SMILES string of the molecule is CCCCCCCCCc1cccc(S)c1CCCCCCCCC. The molecule has 25 heavy (non-hydrogen) atoms. The molecule has 0 aliphatic carbocycles. The maximum atomic E-state index is 4.74. The van der Waals surface area contributed by atoms with E-state index < -0.39 is 0 Å². The van der Waals surface area contributed by atoms with Crippen molar-refractivity contribution in [3.05, 3.63) is 29.3 Å². The maximum Gasteiger partial charge on any atom is 0.00747 e. The summed E-state index contributed by atoms with van der Waals surface area (Å²) in [5.41, 5.74) is 3.09. The topological polar surface area (TPSA) is 0 Å². The molecule has 0 aliphatic rings. The van der Waals surface area contributed by atoms with E-state index >= 15 is 0 Å². The largest absolute Gasteiger partial charge is 0.143 e. The van der Waals surface area contributed by atoms with Gasteiger partial charge in [-0.15, -0.1) is 12.6 Å². The van der Waals surface area contributed by atoms with Crippen molar-refractivity contribution in [3.8, 4) is 0 Å². The predicted octanol–water partition coefficient (Wildman–Crippen LogP) is 8.56. The lowest BCUT2D eigenvalue weighted by molar-refractivity contribution is 0.581. The number of hydrogen-bond acceptors (Lipinski definition) is 1. The molecule has 0 N–H and O–H groups in total. The Hall–Kier alpha value is -0.430. The summed E-state index contributed by atoms with van der Waals surface area (Å²) in [5, 5.41) is 0. The zero-order valence-corrected chi connectivity index (χ0v) is 17.9. The highest BCUT2D eigenvalue weighted by atomic mass is 32.1. The molecule has 0 radical (unpaired) electrons. The van der Waals surface area contributed by atoms with Crippen LogP contribution in [0, 0.1) is 0 Å². The molecule has 0 heterocycles. The Morgan fingerprint density at radius 3 is 1.64 bits per heavy atom. The number of thiol groups is 1. The summed E-state index contributed by atoms with van der Waals surface area (Å²) in [7, 11) is 0. The summed E-state index contributed by atoms with van der Waals surface area (Å²) < 4.78 is 0. The van der Waals surface area contributed by atoms with E-state index in [1.165, 1.54) is 113 Å². The molecule has 0 amide bonds. The first-order chi connectivity index (χ1) is 12.3. The zero-order valence-electron chi connectivity index (χ0n) is 17.0. The van der Waals surface area contributed by atoms with Crippen LogP contribution in [-0.2, 0) is 12.8 Å². The summed E-state index contributed by atoms with van der Waals surface area (Å²) >= 11 is 4.74. The third-order valence-corrected chi connectivity index (χ3v) is 5.75. The van der Waals surface area contributed by atoms with E-state index in [-0.39, 0.29) is 0 Å². The molecular weight excluding hydrogens is 320 g/mol. The van der Waals surface area contributed by atoms with Crippen LogP contribution in [0.15, 0.2) is 23.1 Å². The highest BCUT2D eigenvalue weighted by molar-refractivity contribution is 7.80. The maximum absolute atomic E-state index is 4.74.